The molecule has 8 nitrogen and oxygen atoms in total. The molecule has 0 aromatic carbocycles. The Kier molecular flexibility index (Phi) is 5.88. The molecule has 0 aliphatic heterocycles. The van der Waals surface area contributed by atoms with E-state index in [0.29, 0.717) is 31.2 Å². The van der Waals surface area contributed by atoms with E-state index in [9.17, 15) is 15.5 Å². The number of hydrogen-bond acceptors (Lipinski definition) is 8. The van der Waals surface area contributed by atoms with Gasteiger partial charge in [0.2, 0.25) is 5.95 Å². The molecule has 3 aromatic heterocycles. The smallest absolute Gasteiger partial charge is 0.222 e. The van der Waals surface area contributed by atoms with Gasteiger partial charge in [-0.05, 0) is 18.9 Å². The monoisotopic (exact) mass is 384 g/mol. The summed E-state index contributed by atoms with van der Waals surface area (Å²) in [5.74, 6) is -0.0383. The molecule has 0 aliphatic carbocycles. The second kappa shape index (κ2) is 8.51. The van der Waals surface area contributed by atoms with Gasteiger partial charge < -0.3 is 15.5 Å². The Labute approximate surface area is 160 Å². The summed E-state index contributed by atoms with van der Waals surface area (Å²) in [6, 6.07) is 6.88. The zero-order chi connectivity index (χ0) is 19.2. The number of rotatable bonds is 8. The molecule has 0 fully saturated rings. The summed E-state index contributed by atoms with van der Waals surface area (Å²) >= 11 is 1.47. The minimum absolute atomic E-state index is 0.0255. The predicted molar refractivity (Wildman–Crippen MR) is 102 cm³/mol. The van der Waals surface area contributed by atoms with Crippen molar-refractivity contribution < 1.29 is 10.2 Å². The average molecular weight is 384 g/mol. The highest BCUT2D eigenvalue weighted by Gasteiger charge is 2.19. The number of nitriles is 1. The predicted octanol–water partition coefficient (Wildman–Crippen LogP) is 2.87. The van der Waals surface area contributed by atoms with Crippen molar-refractivity contribution in [3.63, 3.8) is 0 Å². The maximum Gasteiger partial charge on any atom is 0.222 e. The maximum absolute atomic E-state index is 9.62. The molecule has 0 saturated heterocycles. The van der Waals surface area contributed by atoms with Crippen LogP contribution < -0.4 is 5.32 Å². The molecule has 3 heterocycles. The molecule has 9 heteroatoms. The number of aromatic hydroxyl groups is 2. The molecule has 0 amide bonds. The summed E-state index contributed by atoms with van der Waals surface area (Å²) in [5.41, 5.74) is 1.58. The van der Waals surface area contributed by atoms with E-state index in [4.69, 9.17) is 0 Å². The first kappa shape index (κ1) is 18.7. The third-order valence-corrected chi connectivity index (χ3v) is 5.02. The highest BCUT2D eigenvalue weighted by Crippen LogP contribution is 2.26. The van der Waals surface area contributed by atoms with E-state index < -0.39 is 5.92 Å². The van der Waals surface area contributed by atoms with Crippen LogP contribution in [0.3, 0.4) is 0 Å². The Hall–Kier alpha value is -3.12. The molecule has 27 heavy (non-hydrogen) atoms. The molecule has 3 aromatic rings. The van der Waals surface area contributed by atoms with Gasteiger partial charge in [0.25, 0.3) is 0 Å². The summed E-state index contributed by atoms with van der Waals surface area (Å²) in [4.78, 5) is 13.1. The van der Waals surface area contributed by atoms with Crippen molar-refractivity contribution in [2.45, 2.75) is 32.2 Å². The van der Waals surface area contributed by atoms with Gasteiger partial charge in [0.15, 0.2) is 11.8 Å². The lowest BCUT2D eigenvalue weighted by atomic mass is 10.1. The lowest BCUT2D eigenvalue weighted by Crippen LogP contribution is -2.10. The first-order valence-corrected chi connectivity index (χ1v) is 9.48. The molecule has 0 bridgehead atoms. The molecule has 1 atom stereocenters. The van der Waals surface area contributed by atoms with E-state index in [1.165, 1.54) is 28.0 Å². The summed E-state index contributed by atoms with van der Waals surface area (Å²) in [6.45, 7) is 3.03. The zero-order valence-corrected chi connectivity index (χ0v) is 15.6. The van der Waals surface area contributed by atoms with Crippen molar-refractivity contribution in [1.82, 2.24) is 19.5 Å². The number of aryl methyl sites for hydroxylation is 1. The molecule has 0 radical (unpaired) electrons. The third-order valence-electron chi connectivity index (χ3n) is 4.06. The second-order valence-electron chi connectivity index (χ2n) is 5.88. The van der Waals surface area contributed by atoms with Crippen LogP contribution in [0, 0.1) is 11.3 Å². The lowest BCUT2D eigenvalue weighted by Gasteiger charge is -2.10. The second-order valence-corrected chi connectivity index (χ2v) is 6.77. The fraction of sp³-hybridized carbons (Fsp3) is 0.333. The first-order chi connectivity index (χ1) is 13.1. The van der Waals surface area contributed by atoms with Crippen LogP contribution in [0.15, 0.2) is 29.8 Å². The Morgan fingerprint density at radius 1 is 1.26 bits per heavy atom. The molecule has 140 valence electrons. The van der Waals surface area contributed by atoms with Crippen LogP contribution in [0.4, 0.5) is 5.95 Å². The Balaban J connectivity index is 1.62. The normalized spacial score (nSPS) is 11.9. The Morgan fingerprint density at radius 2 is 2.04 bits per heavy atom. The third kappa shape index (κ3) is 4.35. The van der Waals surface area contributed by atoms with Gasteiger partial charge >= 0.3 is 0 Å². The topological polar surface area (TPSA) is 120 Å². The summed E-state index contributed by atoms with van der Waals surface area (Å²) in [7, 11) is 0. The van der Waals surface area contributed by atoms with Crippen LogP contribution in [0.2, 0.25) is 0 Å². The van der Waals surface area contributed by atoms with Gasteiger partial charge in [0.05, 0.1) is 17.5 Å². The highest BCUT2D eigenvalue weighted by molar-refractivity contribution is 7.09. The molecule has 0 spiro atoms. The molecular weight excluding hydrogens is 364 g/mol. The Morgan fingerprint density at radius 3 is 2.70 bits per heavy atom. The van der Waals surface area contributed by atoms with Gasteiger partial charge in [-0.25, -0.2) is 15.0 Å². The SMILES string of the molecule is CCc1csc(C(C#N)c2ccnc(NCCCn3c(O)ccc3O)n2)n1. The van der Waals surface area contributed by atoms with Crippen LogP contribution in [0.5, 0.6) is 11.8 Å². The van der Waals surface area contributed by atoms with Gasteiger partial charge in [-0.3, -0.25) is 4.57 Å². The van der Waals surface area contributed by atoms with Crippen molar-refractivity contribution in [3.05, 3.63) is 46.2 Å². The van der Waals surface area contributed by atoms with Crippen LogP contribution in [0.1, 0.15) is 35.7 Å². The highest BCUT2D eigenvalue weighted by atomic mass is 32.1. The van der Waals surface area contributed by atoms with Crippen LogP contribution in [0.25, 0.3) is 0 Å². The van der Waals surface area contributed by atoms with E-state index in [2.05, 4.69) is 26.3 Å². The number of nitrogens with zero attached hydrogens (tertiary/aromatic N) is 5. The minimum Gasteiger partial charge on any atom is -0.494 e. The summed E-state index contributed by atoms with van der Waals surface area (Å²) in [5, 5.41) is 34.6. The van der Waals surface area contributed by atoms with Crippen LogP contribution in [-0.4, -0.2) is 36.3 Å². The van der Waals surface area contributed by atoms with Crippen molar-refractivity contribution in [2.75, 3.05) is 11.9 Å². The Bertz CT molecular complexity index is 926. The number of anilines is 1. The molecule has 1 unspecified atom stereocenters. The summed E-state index contributed by atoms with van der Waals surface area (Å²) in [6.07, 6.45) is 3.10. The lowest BCUT2D eigenvalue weighted by molar-refractivity contribution is 0.366. The molecular formula is C18H20N6O2S. The van der Waals surface area contributed by atoms with Gasteiger partial charge in [-0.2, -0.15) is 5.26 Å². The van der Waals surface area contributed by atoms with Crippen molar-refractivity contribution >= 4 is 17.3 Å². The fourth-order valence-electron chi connectivity index (χ4n) is 2.60. The fourth-order valence-corrected chi connectivity index (χ4v) is 3.55. The number of nitrogens with one attached hydrogen (secondary N) is 1. The first-order valence-electron chi connectivity index (χ1n) is 8.60. The van der Waals surface area contributed by atoms with Crippen molar-refractivity contribution in [3.8, 4) is 17.8 Å². The maximum atomic E-state index is 9.62. The molecule has 0 saturated carbocycles. The minimum atomic E-state index is -0.521. The van der Waals surface area contributed by atoms with Crippen molar-refractivity contribution in [1.29, 1.82) is 5.26 Å². The molecule has 0 aliphatic rings. The van der Waals surface area contributed by atoms with E-state index in [0.717, 1.165) is 17.1 Å². The van der Waals surface area contributed by atoms with Crippen LogP contribution in [-0.2, 0) is 13.0 Å². The standard InChI is InChI=1S/C18H20N6O2S/c1-2-12-11-27-17(22-12)13(10-19)14-6-8-21-18(23-14)20-7-3-9-24-15(25)4-5-16(24)26/h4-6,8,11,13,25-26H,2-3,7,9H2,1H3,(H,20,21,23). The van der Waals surface area contributed by atoms with Gasteiger partial charge in [0, 0.05) is 36.8 Å². The van der Waals surface area contributed by atoms with Gasteiger partial charge in [0.1, 0.15) is 10.9 Å². The largest absolute Gasteiger partial charge is 0.494 e. The molecule has 3 rings (SSSR count). The average Bonchev–Trinajstić information content (AvgIpc) is 3.27. The quantitative estimate of drug-likeness (QED) is 0.511. The van der Waals surface area contributed by atoms with E-state index in [1.54, 1.807) is 12.3 Å². The number of aromatic nitrogens is 4. The van der Waals surface area contributed by atoms with E-state index in [-0.39, 0.29) is 11.8 Å². The number of hydrogen-bond donors (Lipinski definition) is 3. The van der Waals surface area contributed by atoms with E-state index in [1.807, 2.05) is 12.3 Å². The molecule has 3 N–H and O–H groups in total. The van der Waals surface area contributed by atoms with Gasteiger partial charge in [-0.15, -0.1) is 11.3 Å². The summed E-state index contributed by atoms with van der Waals surface area (Å²) < 4.78 is 1.42. The zero-order valence-electron chi connectivity index (χ0n) is 14.8. The van der Waals surface area contributed by atoms with E-state index >= 15 is 0 Å². The van der Waals surface area contributed by atoms with Crippen molar-refractivity contribution in [2.24, 2.45) is 0 Å². The van der Waals surface area contributed by atoms with Gasteiger partial charge in [-0.1, -0.05) is 6.92 Å². The number of thiazole rings is 1. The van der Waals surface area contributed by atoms with Crippen LogP contribution >= 0.6 is 11.3 Å².